The zero-order valence-corrected chi connectivity index (χ0v) is 18.6. The van der Waals surface area contributed by atoms with Gasteiger partial charge in [0.1, 0.15) is 5.75 Å². The summed E-state index contributed by atoms with van der Waals surface area (Å²) in [5.74, 6) is 0.0356. The summed E-state index contributed by atoms with van der Waals surface area (Å²) in [5.41, 5.74) is 3.38. The molecule has 0 bridgehead atoms. The summed E-state index contributed by atoms with van der Waals surface area (Å²) in [7, 11) is -2.38. The number of hydrazone groups is 1. The fraction of sp³-hybridized carbons (Fsp3) is 0.182. The number of rotatable bonds is 10. The van der Waals surface area contributed by atoms with Crippen molar-refractivity contribution in [3.05, 3.63) is 82.6 Å². The number of nitrogens with one attached hydrogen (secondary N) is 1. The zero-order valence-electron chi connectivity index (χ0n) is 17.0. The topological polar surface area (TPSA) is 88.1 Å². The standard InChI is InChI=1S/C22H23N3O4S2/c1-29-19-9-11-21(12-10-19)31(27,28)25(14-13-18-6-3-2-4-7-18)17-22(26)24-23-16-20-8-5-15-30-20/h2-12,15-16H,13-14,17H2,1H3,(H,24,26)/b23-16-. The average molecular weight is 458 g/mol. The molecule has 0 aliphatic rings. The second-order valence-electron chi connectivity index (χ2n) is 6.56. The lowest BCUT2D eigenvalue weighted by Gasteiger charge is -2.21. The fourth-order valence-corrected chi connectivity index (χ4v) is 4.79. The van der Waals surface area contributed by atoms with E-state index in [0.717, 1.165) is 14.7 Å². The second-order valence-corrected chi connectivity index (χ2v) is 9.48. The van der Waals surface area contributed by atoms with Crippen LogP contribution in [0.2, 0.25) is 0 Å². The minimum atomic E-state index is -3.89. The van der Waals surface area contributed by atoms with Crippen LogP contribution in [-0.2, 0) is 21.2 Å². The van der Waals surface area contributed by atoms with Crippen LogP contribution in [0.4, 0.5) is 0 Å². The second kappa shape index (κ2) is 10.9. The fourth-order valence-electron chi connectivity index (χ4n) is 2.81. The van der Waals surface area contributed by atoms with Crippen molar-refractivity contribution in [2.75, 3.05) is 20.2 Å². The van der Waals surface area contributed by atoms with Crippen molar-refractivity contribution in [3.8, 4) is 5.75 Å². The van der Waals surface area contributed by atoms with Crippen molar-refractivity contribution >= 4 is 33.5 Å². The number of hydrogen-bond donors (Lipinski definition) is 1. The number of methoxy groups -OCH3 is 1. The van der Waals surface area contributed by atoms with Crippen LogP contribution in [0.3, 0.4) is 0 Å². The largest absolute Gasteiger partial charge is 0.497 e. The Morgan fingerprint density at radius 2 is 1.84 bits per heavy atom. The lowest BCUT2D eigenvalue weighted by atomic mass is 10.1. The molecule has 1 amide bonds. The maximum Gasteiger partial charge on any atom is 0.255 e. The number of ether oxygens (including phenoxy) is 1. The van der Waals surface area contributed by atoms with E-state index in [-0.39, 0.29) is 18.0 Å². The monoisotopic (exact) mass is 457 g/mol. The van der Waals surface area contributed by atoms with Gasteiger partial charge in [-0.15, -0.1) is 11.3 Å². The number of amides is 1. The summed E-state index contributed by atoms with van der Waals surface area (Å²) in [6.45, 7) is -0.191. The maximum atomic E-state index is 13.2. The van der Waals surface area contributed by atoms with E-state index in [0.29, 0.717) is 12.2 Å². The molecule has 1 heterocycles. The molecule has 31 heavy (non-hydrogen) atoms. The summed E-state index contributed by atoms with van der Waals surface area (Å²) in [4.78, 5) is 13.4. The molecule has 0 aliphatic heterocycles. The number of thiophene rings is 1. The van der Waals surface area contributed by atoms with Gasteiger partial charge in [-0.3, -0.25) is 4.79 Å². The van der Waals surface area contributed by atoms with Gasteiger partial charge in [0.25, 0.3) is 5.91 Å². The van der Waals surface area contributed by atoms with Gasteiger partial charge in [-0.05, 0) is 47.7 Å². The third-order valence-corrected chi connectivity index (χ3v) is 7.10. The Kier molecular flexibility index (Phi) is 7.94. The summed E-state index contributed by atoms with van der Waals surface area (Å²) in [5, 5.41) is 5.81. The van der Waals surface area contributed by atoms with Crippen LogP contribution >= 0.6 is 11.3 Å². The molecule has 0 fully saturated rings. The predicted molar refractivity (Wildman–Crippen MR) is 122 cm³/mol. The van der Waals surface area contributed by atoms with Gasteiger partial charge in [0, 0.05) is 11.4 Å². The summed E-state index contributed by atoms with van der Waals surface area (Å²) >= 11 is 1.48. The molecule has 1 N–H and O–H groups in total. The van der Waals surface area contributed by atoms with Gasteiger partial charge in [-0.2, -0.15) is 9.41 Å². The van der Waals surface area contributed by atoms with Crippen LogP contribution in [0.5, 0.6) is 5.75 Å². The Morgan fingerprint density at radius 1 is 1.10 bits per heavy atom. The first-order valence-corrected chi connectivity index (χ1v) is 11.8. The van der Waals surface area contributed by atoms with E-state index in [1.165, 1.54) is 36.8 Å². The van der Waals surface area contributed by atoms with E-state index in [4.69, 9.17) is 4.74 Å². The molecule has 7 nitrogen and oxygen atoms in total. The van der Waals surface area contributed by atoms with Crippen molar-refractivity contribution in [3.63, 3.8) is 0 Å². The molecule has 0 atom stereocenters. The highest BCUT2D eigenvalue weighted by Crippen LogP contribution is 2.20. The molecule has 0 saturated heterocycles. The Balaban J connectivity index is 1.74. The molecule has 3 rings (SSSR count). The summed E-state index contributed by atoms with van der Waals surface area (Å²) in [6, 6.07) is 19.4. The van der Waals surface area contributed by atoms with Crippen molar-refractivity contribution in [1.29, 1.82) is 0 Å². The van der Waals surface area contributed by atoms with Crippen molar-refractivity contribution in [1.82, 2.24) is 9.73 Å². The molecular formula is C22H23N3O4S2. The molecule has 0 saturated carbocycles. The Bertz CT molecular complexity index is 1100. The van der Waals surface area contributed by atoms with E-state index in [1.54, 1.807) is 12.1 Å². The van der Waals surface area contributed by atoms with Crippen LogP contribution in [-0.4, -0.2) is 45.0 Å². The molecular weight excluding hydrogens is 434 g/mol. The molecule has 0 unspecified atom stereocenters. The summed E-state index contributed by atoms with van der Waals surface area (Å²) in [6.07, 6.45) is 2.00. The van der Waals surface area contributed by atoms with Gasteiger partial charge in [0.05, 0.1) is 24.8 Å². The van der Waals surface area contributed by atoms with Gasteiger partial charge >= 0.3 is 0 Å². The maximum absolute atomic E-state index is 13.2. The van der Waals surface area contributed by atoms with Crippen LogP contribution in [0.1, 0.15) is 10.4 Å². The molecule has 0 spiro atoms. The number of nitrogens with zero attached hydrogens (tertiary/aromatic N) is 2. The van der Waals surface area contributed by atoms with Crippen LogP contribution in [0, 0.1) is 0 Å². The molecule has 0 aliphatic carbocycles. The van der Waals surface area contributed by atoms with Gasteiger partial charge in [-0.1, -0.05) is 36.4 Å². The lowest BCUT2D eigenvalue weighted by Crippen LogP contribution is -2.40. The number of benzene rings is 2. The minimum absolute atomic E-state index is 0.0937. The lowest BCUT2D eigenvalue weighted by molar-refractivity contribution is -0.121. The molecule has 0 radical (unpaired) electrons. The molecule has 9 heteroatoms. The highest BCUT2D eigenvalue weighted by atomic mass is 32.2. The third-order valence-electron chi connectivity index (χ3n) is 4.43. The molecule has 3 aromatic rings. The van der Waals surface area contributed by atoms with E-state index in [9.17, 15) is 13.2 Å². The first-order chi connectivity index (χ1) is 15.0. The van der Waals surface area contributed by atoms with Crippen molar-refractivity contribution < 1.29 is 17.9 Å². The van der Waals surface area contributed by atoms with E-state index in [1.807, 2.05) is 47.8 Å². The number of carbonyl (C=O) groups is 1. The Labute approximate surface area is 186 Å². The smallest absolute Gasteiger partial charge is 0.255 e. The Morgan fingerprint density at radius 3 is 2.48 bits per heavy atom. The van der Waals surface area contributed by atoms with Crippen LogP contribution < -0.4 is 10.2 Å². The van der Waals surface area contributed by atoms with Crippen LogP contribution in [0.15, 0.2) is 82.1 Å². The van der Waals surface area contributed by atoms with Crippen molar-refractivity contribution in [2.45, 2.75) is 11.3 Å². The van der Waals surface area contributed by atoms with E-state index < -0.39 is 15.9 Å². The van der Waals surface area contributed by atoms with Gasteiger partial charge < -0.3 is 4.74 Å². The quantitative estimate of drug-likeness (QED) is 0.374. The Hall–Kier alpha value is -3.01. The zero-order chi connectivity index (χ0) is 22.1. The predicted octanol–water partition coefficient (Wildman–Crippen LogP) is 3.14. The van der Waals surface area contributed by atoms with Gasteiger partial charge in [0.15, 0.2) is 0 Å². The SMILES string of the molecule is COc1ccc(S(=O)(=O)N(CCc2ccccc2)CC(=O)N/N=C\c2cccs2)cc1. The first kappa shape index (κ1) is 22.7. The summed E-state index contributed by atoms with van der Waals surface area (Å²) < 4.78 is 32.7. The highest BCUT2D eigenvalue weighted by molar-refractivity contribution is 7.89. The van der Waals surface area contributed by atoms with Crippen LogP contribution in [0.25, 0.3) is 0 Å². The highest BCUT2D eigenvalue weighted by Gasteiger charge is 2.26. The van der Waals surface area contributed by atoms with Gasteiger partial charge in [0.2, 0.25) is 10.0 Å². The number of carbonyl (C=O) groups excluding carboxylic acids is 1. The van der Waals surface area contributed by atoms with E-state index in [2.05, 4.69) is 10.5 Å². The van der Waals surface area contributed by atoms with Gasteiger partial charge in [-0.25, -0.2) is 13.8 Å². The molecule has 2 aromatic carbocycles. The average Bonchev–Trinajstić information content (AvgIpc) is 3.31. The molecule has 162 valence electrons. The number of sulfonamides is 1. The minimum Gasteiger partial charge on any atom is -0.497 e. The normalized spacial score (nSPS) is 11.7. The van der Waals surface area contributed by atoms with Crippen molar-refractivity contribution in [2.24, 2.45) is 5.10 Å². The van der Waals surface area contributed by atoms with E-state index >= 15 is 0 Å². The molecule has 1 aromatic heterocycles. The third kappa shape index (κ3) is 6.48. The number of hydrogen-bond acceptors (Lipinski definition) is 6. The first-order valence-electron chi connectivity index (χ1n) is 9.52.